The Labute approximate surface area is 128 Å². The number of hydrogen-bond acceptors (Lipinski definition) is 4. The van der Waals surface area contributed by atoms with Gasteiger partial charge in [0.25, 0.3) is 0 Å². The van der Waals surface area contributed by atoms with E-state index in [0.29, 0.717) is 22.4 Å². The van der Waals surface area contributed by atoms with Crippen LogP contribution in [0.4, 0.5) is 0 Å². The van der Waals surface area contributed by atoms with Gasteiger partial charge in [0.2, 0.25) is 0 Å². The first kappa shape index (κ1) is 15.1. The highest BCUT2D eigenvalue weighted by Crippen LogP contribution is 2.17. The first-order valence-electron chi connectivity index (χ1n) is 6.29. The number of benzene rings is 2. The van der Waals surface area contributed by atoms with Crippen molar-refractivity contribution in [1.29, 1.82) is 0 Å². The van der Waals surface area contributed by atoms with E-state index in [1.807, 2.05) is 0 Å². The number of carbonyl (C=O) groups is 2. The minimum atomic E-state index is -0.488. The van der Waals surface area contributed by atoms with E-state index in [1.54, 1.807) is 55.5 Å². The largest absolute Gasteiger partial charge is 0.423 e. The van der Waals surface area contributed by atoms with Gasteiger partial charge in [0.15, 0.2) is 5.78 Å². The number of esters is 1. The summed E-state index contributed by atoms with van der Waals surface area (Å²) in [5, 5.41) is 0. The van der Waals surface area contributed by atoms with E-state index in [-0.39, 0.29) is 5.78 Å². The first-order valence-corrected chi connectivity index (χ1v) is 6.73. The molecule has 4 heteroatoms. The van der Waals surface area contributed by atoms with Gasteiger partial charge in [-0.15, -0.1) is 12.6 Å². The maximum Gasteiger partial charge on any atom is 0.338 e. The van der Waals surface area contributed by atoms with E-state index in [4.69, 9.17) is 4.74 Å². The van der Waals surface area contributed by atoms with Crippen molar-refractivity contribution in [2.45, 2.75) is 11.8 Å². The molecule has 106 valence electrons. The van der Waals surface area contributed by atoms with Gasteiger partial charge < -0.3 is 4.74 Å². The van der Waals surface area contributed by atoms with Crippen LogP contribution in [0.15, 0.2) is 65.6 Å². The molecule has 0 amide bonds. The molecule has 0 aromatic heterocycles. The molecule has 0 atom stereocenters. The molecule has 2 aromatic rings. The average molecular weight is 298 g/mol. The summed E-state index contributed by atoms with van der Waals surface area (Å²) in [6.07, 6.45) is 0. The molecule has 0 heterocycles. The fourth-order valence-corrected chi connectivity index (χ4v) is 1.80. The fourth-order valence-electron chi connectivity index (χ4n) is 1.65. The average Bonchev–Trinajstić information content (AvgIpc) is 2.48. The zero-order chi connectivity index (χ0) is 15.4. The lowest BCUT2D eigenvalue weighted by Gasteiger charge is -2.05. The van der Waals surface area contributed by atoms with Crippen LogP contribution in [-0.2, 0) is 4.79 Å². The van der Waals surface area contributed by atoms with Crippen LogP contribution < -0.4 is 4.74 Å². The third-order valence-electron chi connectivity index (χ3n) is 2.81. The lowest BCUT2D eigenvalue weighted by molar-refractivity contribution is -0.130. The maximum atomic E-state index is 12.3. The summed E-state index contributed by atoms with van der Waals surface area (Å²) < 4.78 is 5.07. The predicted octanol–water partition coefficient (Wildman–Crippen LogP) is 3.69. The molecule has 0 aliphatic rings. The van der Waals surface area contributed by atoms with Gasteiger partial charge in [-0.05, 0) is 55.5 Å². The minimum absolute atomic E-state index is 0.0962. The SMILES string of the molecule is C=C(C)C(=O)Oc1ccc(C(=O)c2ccc(S)cc2)cc1. The minimum Gasteiger partial charge on any atom is -0.423 e. The summed E-state index contributed by atoms with van der Waals surface area (Å²) in [5.74, 6) is -0.204. The lowest BCUT2D eigenvalue weighted by Crippen LogP contribution is -2.08. The van der Waals surface area contributed by atoms with Crippen LogP contribution in [0.25, 0.3) is 0 Å². The second-order valence-electron chi connectivity index (χ2n) is 4.57. The molecule has 0 aliphatic heterocycles. The zero-order valence-corrected chi connectivity index (χ0v) is 12.4. The van der Waals surface area contributed by atoms with E-state index in [1.165, 1.54) is 0 Å². The molecule has 0 N–H and O–H groups in total. The molecular weight excluding hydrogens is 284 g/mol. The van der Waals surface area contributed by atoms with Gasteiger partial charge in [0, 0.05) is 21.6 Å². The van der Waals surface area contributed by atoms with Crippen molar-refractivity contribution in [1.82, 2.24) is 0 Å². The Morgan fingerprint density at radius 3 is 1.90 bits per heavy atom. The van der Waals surface area contributed by atoms with Crippen molar-refractivity contribution in [3.05, 3.63) is 71.8 Å². The monoisotopic (exact) mass is 298 g/mol. The van der Waals surface area contributed by atoms with Crippen LogP contribution >= 0.6 is 12.6 Å². The second kappa shape index (κ2) is 6.41. The van der Waals surface area contributed by atoms with Crippen LogP contribution in [0.3, 0.4) is 0 Å². The Morgan fingerprint density at radius 2 is 1.43 bits per heavy atom. The van der Waals surface area contributed by atoms with Gasteiger partial charge in [0.05, 0.1) is 0 Å². The van der Waals surface area contributed by atoms with Gasteiger partial charge >= 0.3 is 5.97 Å². The van der Waals surface area contributed by atoms with Crippen LogP contribution in [-0.4, -0.2) is 11.8 Å². The lowest BCUT2D eigenvalue weighted by atomic mass is 10.0. The molecule has 3 nitrogen and oxygen atoms in total. The first-order chi connectivity index (χ1) is 9.97. The summed E-state index contributed by atoms with van der Waals surface area (Å²) in [6.45, 7) is 5.08. The zero-order valence-electron chi connectivity index (χ0n) is 11.5. The molecule has 0 spiro atoms. The second-order valence-corrected chi connectivity index (χ2v) is 5.09. The van der Waals surface area contributed by atoms with Crippen LogP contribution in [0.5, 0.6) is 5.75 Å². The molecule has 0 unspecified atom stereocenters. The maximum absolute atomic E-state index is 12.3. The van der Waals surface area contributed by atoms with Crippen LogP contribution in [0, 0.1) is 0 Å². The van der Waals surface area contributed by atoms with Gasteiger partial charge in [-0.3, -0.25) is 4.79 Å². The summed E-state index contributed by atoms with van der Waals surface area (Å²) in [4.78, 5) is 24.4. The number of ether oxygens (including phenoxy) is 1. The standard InChI is InChI=1S/C17H14O3S/c1-11(2)17(19)20-14-7-3-12(4-8-14)16(18)13-5-9-15(21)10-6-13/h3-10,21H,1H2,2H3. The predicted molar refractivity (Wildman–Crippen MR) is 84.0 cm³/mol. The van der Waals surface area contributed by atoms with Crippen molar-refractivity contribution in [2.75, 3.05) is 0 Å². The highest BCUT2D eigenvalue weighted by atomic mass is 32.1. The Morgan fingerprint density at radius 1 is 0.952 bits per heavy atom. The third-order valence-corrected chi connectivity index (χ3v) is 3.10. The summed E-state index contributed by atoms with van der Waals surface area (Å²) in [7, 11) is 0. The molecule has 0 saturated heterocycles. The van der Waals surface area contributed by atoms with E-state index in [9.17, 15) is 9.59 Å². The fraction of sp³-hybridized carbons (Fsp3) is 0.0588. The van der Waals surface area contributed by atoms with E-state index >= 15 is 0 Å². The number of carbonyl (C=O) groups excluding carboxylic acids is 2. The highest BCUT2D eigenvalue weighted by molar-refractivity contribution is 7.80. The smallest absolute Gasteiger partial charge is 0.338 e. The van der Waals surface area contributed by atoms with Gasteiger partial charge in [0.1, 0.15) is 5.75 Å². The van der Waals surface area contributed by atoms with Gasteiger partial charge in [-0.25, -0.2) is 4.79 Å². The molecular formula is C17H14O3S. The van der Waals surface area contributed by atoms with Crippen molar-refractivity contribution in [3.8, 4) is 5.75 Å². The number of ketones is 1. The molecule has 2 aromatic carbocycles. The Bertz CT molecular complexity index is 685. The van der Waals surface area contributed by atoms with Crippen LogP contribution in [0.1, 0.15) is 22.8 Å². The van der Waals surface area contributed by atoms with Gasteiger partial charge in [-0.1, -0.05) is 6.58 Å². The molecule has 21 heavy (non-hydrogen) atoms. The Hall–Kier alpha value is -2.33. The molecule has 0 bridgehead atoms. The van der Waals surface area contributed by atoms with E-state index in [0.717, 1.165) is 4.90 Å². The van der Waals surface area contributed by atoms with Crippen molar-refractivity contribution in [2.24, 2.45) is 0 Å². The van der Waals surface area contributed by atoms with Crippen LogP contribution in [0.2, 0.25) is 0 Å². The summed E-state index contributed by atoms with van der Waals surface area (Å²) in [6, 6.07) is 13.4. The van der Waals surface area contributed by atoms with Crippen molar-refractivity contribution < 1.29 is 14.3 Å². The normalized spacial score (nSPS) is 10.0. The summed E-state index contributed by atoms with van der Waals surface area (Å²) in [5.41, 5.74) is 1.43. The molecule has 2 rings (SSSR count). The Balaban J connectivity index is 2.15. The molecule has 0 saturated carbocycles. The molecule has 0 aliphatic carbocycles. The van der Waals surface area contributed by atoms with Crippen molar-refractivity contribution in [3.63, 3.8) is 0 Å². The summed E-state index contributed by atoms with van der Waals surface area (Å²) >= 11 is 4.18. The topological polar surface area (TPSA) is 43.4 Å². The van der Waals surface area contributed by atoms with E-state index < -0.39 is 5.97 Å². The Kier molecular flexibility index (Phi) is 4.60. The van der Waals surface area contributed by atoms with E-state index in [2.05, 4.69) is 19.2 Å². The third kappa shape index (κ3) is 3.83. The molecule has 0 fully saturated rings. The molecule has 0 radical (unpaired) electrons. The van der Waals surface area contributed by atoms with Crippen molar-refractivity contribution >= 4 is 24.4 Å². The number of hydrogen-bond donors (Lipinski definition) is 1. The number of rotatable bonds is 4. The number of thiol groups is 1. The quantitative estimate of drug-likeness (QED) is 0.308. The van der Waals surface area contributed by atoms with Gasteiger partial charge in [-0.2, -0.15) is 0 Å². The highest BCUT2D eigenvalue weighted by Gasteiger charge is 2.10.